The zero-order valence-corrected chi connectivity index (χ0v) is 12.4. The first-order valence-corrected chi connectivity index (χ1v) is 7.18. The number of amides is 1. The van der Waals surface area contributed by atoms with Crippen LogP contribution in [0.5, 0.6) is 0 Å². The molecule has 1 amide bonds. The van der Waals surface area contributed by atoms with E-state index in [0.29, 0.717) is 0 Å². The number of anilines is 1. The summed E-state index contributed by atoms with van der Waals surface area (Å²) in [6, 6.07) is 4.14. The molecule has 0 N–H and O–H groups in total. The molecule has 0 aromatic heterocycles. The molecule has 0 saturated carbocycles. The van der Waals surface area contributed by atoms with E-state index in [1.807, 2.05) is 0 Å². The molecule has 1 aliphatic heterocycles. The Hall–Kier alpha value is -1.71. The molecule has 0 radical (unpaired) electrons. The van der Waals surface area contributed by atoms with E-state index in [4.69, 9.17) is 0 Å². The van der Waals surface area contributed by atoms with Crippen molar-refractivity contribution in [2.75, 3.05) is 11.4 Å². The highest BCUT2D eigenvalue weighted by Gasteiger charge is 2.40. The van der Waals surface area contributed by atoms with Crippen molar-refractivity contribution in [3.8, 4) is 0 Å². The van der Waals surface area contributed by atoms with Gasteiger partial charge in [-0.05, 0) is 18.2 Å². The van der Waals surface area contributed by atoms with Crippen LogP contribution in [0.1, 0.15) is 12.5 Å². The third-order valence-electron chi connectivity index (χ3n) is 2.90. The highest BCUT2D eigenvalue weighted by molar-refractivity contribution is 8.15. The molecule has 23 heavy (non-hydrogen) atoms. The Morgan fingerprint density at radius 3 is 2.48 bits per heavy atom. The van der Waals surface area contributed by atoms with Crippen molar-refractivity contribution >= 4 is 28.5 Å². The maximum atomic E-state index is 12.7. The van der Waals surface area contributed by atoms with Gasteiger partial charge >= 0.3 is 18.3 Å². The molecule has 3 nitrogen and oxygen atoms in total. The number of hydrogen-bond acceptors (Lipinski definition) is 2. The van der Waals surface area contributed by atoms with Crippen LogP contribution >= 0.6 is 11.8 Å². The van der Waals surface area contributed by atoms with Crippen LogP contribution in [0.15, 0.2) is 29.3 Å². The van der Waals surface area contributed by atoms with Gasteiger partial charge in [0.2, 0.25) is 0 Å². The molecule has 1 aromatic carbocycles. The predicted octanol–water partition coefficient (Wildman–Crippen LogP) is 4.09. The first kappa shape index (κ1) is 17.6. The van der Waals surface area contributed by atoms with Crippen molar-refractivity contribution in [1.29, 1.82) is 0 Å². The van der Waals surface area contributed by atoms with Crippen molar-refractivity contribution in [2.24, 2.45) is 4.99 Å². The van der Waals surface area contributed by atoms with Crippen LogP contribution < -0.4 is 4.90 Å². The van der Waals surface area contributed by atoms with Crippen molar-refractivity contribution in [3.05, 3.63) is 29.8 Å². The topological polar surface area (TPSA) is 32.7 Å². The average Bonchev–Trinajstić information content (AvgIpc) is 2.78. The smallest absolute Gasteiger partial charge is 0.320 e. The molecule has 0 spiro atoms. The lowest BCUT2D eigenvalue weighted by Gasteiger charge is -2.19. The largest absolute Gasteiger partial charge is 0.473 e. The van der Waals surface area contributed by atoms with E-state index in [9.17, 15) is 31.1 Å². The van der Waals surface area contributed by atoms with Crippen molar-refractivity contribution in [3.63, 3.8) is 0 Å². The molecular formula is C13H10F6N2OS. The van der Waals surface area contributed by atoms with Crippen LogP contribution in [0.2, 0.25) is 0 Å². The monoisotopic (exact) mass is 356 g/mol. The maximum Gasteiger partial charge on any atom is 0.473 e. The summed E-state index contributed by atoms with van der Waals surface area (Å²) in [5, 5.41) is -0.483. The molecule has 10 heteroatoms. The van der Waals surface area contributed by atoms with Crippen molar-refractivity contribution in [1.82, 2.24) is 0 Å². The van der Waals surface area contributed by atoms with Gasteiger partial charge in [0.25, 0.3) is 0 Å². The summed E-state index contributed by atoms with van der Waals surface area (Å²) >= 11 is 0.900. The number of carbonyl (C=O) groups excluding carboxylic acids is 1. The lowest BCUT2D eigenvalue weighted by molar-refractivity contribution is -0.169. The van der Waals surface area contributed by atoms with E-state index < -0.39 is 23.8 Å². The van der Waals surface area contributed by atoms with Crippen molar-refractivity contribution in [2.45, 2.75) is 24.5 Å². The minimum absolute atomic E-state index is 0.0328. The molecule has 1 atom stereocenters. The van der Waals surface area contributed by atoms with E-state index in [1.54, 1.807) is 6.92 Å². The van der Waals surface area contributed by atoms with Gasteiger partial charge in [0.05, 0.1) is 5.56 Å². The predicted molar refractivity (Wildman–Crippen MR) is 74.3 cm³/mol. The third kappa shape index (κ3) is 4.18. The number of amidine groups is 1. The normalized spacial score (nSPS) is 21.1. The number of thioether (sulfide) groups is 1. The second kappa shape index (κ2) is 6.06. The summed E-state index contributed by atoms with van der Waals surface area (Å²) in [7, 11) is 0. The van der Waals surface area contributed by atoms with Crippen molar-refractivity contribution < 1.29 is 31.1 Å². The summed E-state index contributed by atoms with van der Waals surface area (Å²) in [5.41, 5.74) is -0.897. The fourth-order valence-corrected chi connectivity index (χ4v) is 2.95. The lowest BCUT2D eigenvalue weighted by atomic mass is 10.2. The molecule has 0 aliphatic carbocycles. The van der Waals surface area contributed by atoms with Crippen LogP contribution in [0.4, 0.5) is 32.0 Å². The molecule has 1 fully saturated rings. The van der Waals surface area contributed by atoms with Gasteiger partial charge in [-0.2, -0.15) is 31.3 Å². The number of aliphatic imine (C=N–C) groups is 1. The average molecular weight is 356 g/mol. The highest BCUT2D eigenvalue weighted by Crippen LogP contribution is 2.35. The quantitative estimate of drug-likeness (QED) is 0.711. The second-order valence-corrected chi connectivity index (χ2v) is 6.19. The first-order chi connectivity index (χ1) is 10.5. The van der Waals surface area contributed by atoms with Crippen LogP contribution in [0, 0.1) is 0 Å². The number of hydrogen-bond donors (Lipinski definition) is 0. The van der Waals surface area contributed by atoms with E-state index >= 15 is 0 Å². The number of halogens is 6. The van der Waals surface area contributed by atoms with Gasteiger partial charge in [-0.3, -0.25) is 4.79 Å². The van der Waals surface area contributed by atoms with Crippen LogP contribution in [0.25, 0.3) is 0 Å². The Bertz CT molecular complexity index is 640. The van der Waals surface area contributed by atoms with Crippen LogP contribution in [0.3, 0.4) is 0 Å². The zero-order valence-electron chi connectivity index (χ0n) is 11.6. The molecule has 1 heterocycles. The molecule has 1 unspecified atom stereocenters. The fraction of sp³-hybridized carbons (Fsp3) is 0.385. The summed E-state index contributed by atoms with van der Waals surface area (Å²) in [5.74, 6) is -2.29. The van der Waals surface area contributed by atoms with E-state index in [-0.39, 0.29) is 22.6 Å². The van der Waals surface area contributed by atoms with Gasteiger partial charge in [-0.15, -0.1) is 0 Å². The number of benzene rings is 1. The van der Waals surface area contributed by atoms with E-state index in [2.05, 4.69) is 4.99 Å². The minimum Gasteiger partial charge on any atom is -0.320 e. The Labute approximate surface area is 131 Å². The molecule has 1 aliphatic rings. The Morgan fingerprint density at radius 2 is 1.91 bits per heavy atom. The third-order valence-corrected chi connectivity index (χ3v) is 3.98. The molecule has 1 aromatic rings. The van der Waals surface area contributed by atoms with Gasteiger partial charge in [-0.1, -0.05) is 24.8 Å². The second-order valence-electron chi connectivity index (χ2n) is 4.78. The standard InChI is InChI=1S/C13H10F6N2OS/c1-7-6-21(11(23-7)20-10(22)13(17,18)19)9-4-2-3-8(5-9)12(14,15)16/h2-5,7H,6H2,1H3. The fourth-order valence-electron chi connectivity index (χ4n) is 1.92. The Morgan fingerprint density at radius 1 is 1.26 bits per heavy atom. The number of nitrogens with zero attached hydrogens (tertiary/aromatic N) is 2. The summed E-state index contributed by atoms with van der Waals surface area (Å²) in [6.45, 7) is 1.82. The maximum absolute atomic E-state index is 12.7. The molecular weight excluding hydrogens is 346 g/mol. The lowest BCUT2D eigenvalue weighted by Crippen LogP contribution is -2.28. The SMILES string of the molecule is CC1CN(c2cccc(C(F)(F)F)c2)C(=NC(=O)C(F)(F)F)S1. The van der Waals surface area contributed by atoms with Crippen LogP contribution in [-0.2, 0) is 11.0 Å². The van der Waals surface area contributed by atoms with E-state index in [1.165, 1.54) is 11.0 Å². The first-order valence-electron chi connectivity index (χ1n) is 6.30. The van der Waals surface area contributed by atoms with Gasteiger partial charge in [-0.25, -0.2) is 0 Å². The van der Waals surface area contributed by atoms with Gasteiger partial charge in [0.1, 0.15) is 0 Å². The Kier molecular flexibility index (Phi) is 4.65. The molecule has 2 rings (SSSR count). The molecule has 0 bridgehead atoms. The van der Waals surface area contributed by atoms with Gasteiger partial charge in [0, 0.05) is 17.5 Å². The number of rotatable bonds is 1. The van der Waals surface area contributed by atoms with Gasteiger partial charge in [0.15, 0.2) is 5.17 Å². The summed E-state index contributed by atoms with van der Waals surface area (Å²) in [6.07, 6.45) is -9.70. The Balaban J connectivity index is 2.37. The molecule has 126 valence electrons. The van der Waals surface area contributed by atoms with E-state index in [0.717, 1.165) is 30.0 Å². The zero-order chi connectivity index (χ0) is 17.4. The summed E-state index contributed by atoms with van der Waals surface area (Å²) in [4.78, 5) is 15.2. The van der Waals surface area contributed by atoms with Gasteiger partial charge < -0.3 is 4.90 Å². The highest BCUT2D eigenvalue weighted by atomic mass is 32.2. The summed E-state index contributed by atoms with van der Waals surface area (Å²) < 4.78 is 75.2. The minimum atomic E-state index is -5.13. The number of carbonyl (C=O) groups is 1. The molecule has 1 saturated heterocycles. The number of alkyl halides is 6. The van der Waals surface area contributed by atoms with Crippen LogP contribution in [-0.4, -0.2) is 29.0 Å².